The summed E-state index contributed by atoms with van der Waals surface area (Å²) in [5.41, 5.74) is 1.49. The lowest BCUT2D eigenvalue weighted by atomic mass is 10.1. The van der Waals surface area contributed by atoms with Gasteiger partial charge in [-0.1, -0.05) is 0 Å². The Hall–Kier alpha value is -2.47. The van der Waals surface area contributed by atoms with Gasteiger partial charge in [0.15, 0.2) is 5.78 Å². The van der Waals surface area contributed by atoms with E-state index in [1.165, 1.54) is 24.3 Å². The van der Waals surface area contributed by atoms with Crippen molar-refractivity contribution in [1.29, 1.82) is 0 Å². The van der Waals surface area contributed by atoms with Gasteiger partial charge >= 0.3 is 0 Å². The Balaban J connectivity index is 1.97. The first-order valence-corrected chi connectivity index (χ1v) is 6.46. The summed E-state index contributed by atoms with van der Waals surface area (Å²) in [7, 11) is 1.84. The number of carbonyl (C=O) groups is 1. The zero-order chi connectivity index (χ0) is 15.4. The Morgan fingerprint density at radius 2 is 1.95 bits per heavy atom. The van der Waals surface area contributed by atoms with Crippen LogP contribution in [-0.2, 0) is 6.54 Å². The third kappa shape index (κ3) is 3.76. The van der Waals surface area contributed by atoms with Crippen molar-refractivity contribution in [3.63, 3.8) is 0 Å². The monoisotopic (exact) mass is 288 g/mol. The van der Waals surface area contributed by atoms with Crippen LogP contribution in [0.1, 0.15) is 21.7 Å². The van der Waals surface area contributed by atoms with E-state index >= 15 is 0 Å². The van der Waals surface area contributed by atoms with Crippen LogP contribution in [0, 0.1) is 17.0 Å². The van der Waals surface area contributed by atoms with Gasteiger partial charge in [0.05, 0.1) is 17.7 Å². The quantitative estimate of drug-likeness (QED) is 0.464. The highest BCUT2D eigenvalue weighted by Gasteiger charge is 2.13. The molecule has 0 unspecified atom stereocenters. The largest absolute Gasteiger partial charge is 0.469 e. The van der Waals surface area contributed by atoms with Crippen LogP contribution in [0.4, 0.5) is 5.69 Å². The molecule has 0 saturated carbocycles. The highest BCUT2D eigenvalue weighted by molar-refractivity contribution is 5.97. The summed E-state index contributed by atoms with van der Waals surface area (Å²) in [6.07, 6.45) is 1.62. The van der Waals surface area contributed by atoms with E-state index in [9.17, 15) is 14.9 Å². The second-order valence-electron chi connectivity index (χ2n) is 4.90. The molecule has 2 rings (SSSR count). The molecule has 21 heavy (non-hydrogen) atoms. The Morgan fingerprint density at radius 3 is 2.48 bits per heavy atom. The molecule has 0 amide bonds. The highest BCUT2D eigenvalue weighted by atomic mass is 16.6. The third-order valence-electron chi connectivity index (χ3n) is 3.22. The molecule has 2 aromatic rings. The van der Waals surface area contributed by atoms with E-state index in [2.05, 4.69) is 0 Å². The van der Waals surface area contributed by atoms with Gasteiger partial charge in [0.25, 0.3) is 5.69 Å². The summed E-state index contributed by atoms with van der Waals surface area (Å²) in [5.74, 6) is 0.762. The van der Waals surface area contributed by atoms with E-state index in [4.69, 9.17) is 4.42 Å². The number of rotatable bonds is 6. The Bertz CT molecular complexity index is 646. The van der Waals surface area contributed by atoms with E-state index in [-0.39, 0.29) is 18.0 Å². The lowest BCUT2D eigenvalue weighted by molar-refractivity contribution is -0.384. The first-order valence-electron chi connectivity index (χ1n) is 6.46. The lowest BCUT2D eigenvalue weighted by Gasteiger charge is -2.15. The number of non-ortho nitro benzene ring substituents is 1. The van der Waals surface area contributed by atoms with Crippen molar-refractivity contribution in [2.24, 2.45) is 0 Å². The van der Waals surface area contributed by atoms with Crippen LogP contribution in [0.15, 0.2) is 41.0 Å². The fraction of sp³-hybridized carbons (Fsp3) is 0.267. The molecular formula is C15H16N2O4. The Labute approximate surface area is 122 Å². The number of hydrogen-bond acceptors (Lipinski definition) is 5. The number of nitro groups is 1. The maximum absolute atomic E-state index is 12.1. The van der Waals surface area contributed by atoms with E-state index < -0.39 is 4.92 Å². The fourth-order valence-corrected chi connectivity index (χ4v) is 2.03. The van der Waals surface area contributed by atoms with Crippen LogP contribution in [0.25, 0.3) is 0 Å². The number of Topliss-reactive ketones (excluding diaryl/α,β-unsaturated/α-hetero) is 1. The number of nitro benzene ring substituents is 1. The Morgan fingerprint density at radius 1 is 1.29 bits per heavy atom. The second-order valence-corrected chi connectivity index (χ2v) is 4.90. The van der Waals surface area contributed by atoms with Crippen molar-refractivity contribution in [2.45, 2.75) is 13.5 Å². The van der Waals surface area contributed by atoms with Gasteiger partial charge in [-0.2, -0.15) is 0 Å². The predicted molar refractivity (Wildman–Crippen MR) is 77.2 cm³/mol. The summed E-state index contributed by atoms with van der Waals surface area (Å²) >= 11 is 0. The van der Waals surface area contributed by atoms with Gasteiger partial charge in [-0.15, -0.1) is 0 Å². The predicted octanol–water partition coefficient (Wildman–Crippen LogP) is 2.81. The SMILES string of the molecule is Cc1occc1CN(C)CC(=O)c1ccc([N+](=O)[O-])cc1. The second kappa shape index (κ2) is 6.32. The zero-order valence-corrected chi connectivity index (χ0v) is 11.9. The molecule has 1 heterocycles. The van der Waals surface area contributed by atoms with Crippen molar-refractivity contribution >= 4 is 11.5 Å². The highest BCUT2D eigenvalue weighted by Crippen LogP contribution is 2.14. The minimum atomic E-state index is -0.484. The van der Waals surface area contributed by atoms with Crippen molar-refractivity contribution < 1.29 is 14.1 Å². The topological polar surface area (TPSA) is 76.6 Å². The van der Waals surface area contributed by atoms with Crippen LogP contribution >= 0.6 is 0 Å². The number of furan rings is 1. The first-order chi connectivity index (χ1) is 9.97. The van der Waals surface area contributed by atoms with Crippen molar-refractivity contribution in [3.05, 3.63) is 63.6 Å². The van der Waals surface area contributed by atoms with Crippen LogP contribution in [0.2, 0.25) is 0 Å². The molecule has 1 aromatic carbocycles. The van der Waals surface area contributed by atoms with Gasteiger partial charge in [0.1, 0.15) is 5.76 Å². The van der Waals surface area contributed by atoms with Gasteiger partial charge in [0.2, 0.25) is 0 Å². The molecule has 0 bridgehead atoms. The van der Waals surface area contributed by atoms with Gasteiger partial charge in [0, 0.05) is 29.8 Å². The smallest absolute Gasteiger partial charge is 0.269 e. The van der Waals surface area contributed by atoms with E-state index in [1.54, 1.807) is 6.26 Å². The maximum Gasteiger partial charge on any atom is 0.269 e. The van der Waals surface area contributed by atoms with Crippen LogP contribution in [-0.4, -0.2) is 29.2 Å². The van der Waals surface area contributed by atoms with Crippen molar-refractivity contribution in [2.75, 3.05) is 13.6 Å². The molecule has 0 aliphatic heterocycles. The van der Waals surface area contributed by atoms with E-state index in [1.807, 2.05) is 24.9 Å². The molecular weight excluding hydrogens is 272 g/mol. The molecule has 0 spiro atoms. The third-order valence-corrected chi connectivity index (χ3v) is 3.22. The summed E-state index contributed by atoms with van der Waals surface area (Å²) in [6.45, 7) is 2.73. The number of benzene rings is 1. The summed E-state index contributed by atoms with van der Waals surface area (Å²) in [4.78, 5) is 24.1. The van der Waals surface area contributed by atoms with E-state index in [0.29, 0.717) is 12.1 Å². The fourth-order valence-electron chi connectivity index (χ4n) is 2.03. The average Bonchev–Trinajstić information content (AvgIpc) is 2.84. The summed E-state index contributed by atoms with van der Waals surface area (Å²) in [5, 5.41) is 10.6. The number of ketones is 1. The van der Waals surface area contributed by atoms with Gasteiger partial charge in [-0.25, -0.2) is 0 Å². The van der Waals surface area contributed by atoms with Gasteiger partial charge < -0.3 is 4.42 Å². The molecule has 0 N–H and O–H groups in total. The number of likely N-dealkylation sites (N-methyl/N-ethyl adjacent to an activating group) is 1. The molecule has 0 radical (unpaired) electrons. The lowest BCUT2D eigenvalue weighted by Crippen LogP contribution is -2.25. The van der Waals surface area contributed by atoms with Crippen molar-refractivity contribution in [1.82, 2.24) is 4.90 Å². The number of carbonyl (C=O) groups excluding carboxylic acids is 1. The Kier molecular flexibility index (Phi) is 4.49. The zero-order valence-electron chi connectivity index (χ0n) is 11.9. The molecule has 110 valence electrons. The van der Waals surface area contributed by atoms with Crippen LogP contribution < -0.4 is 0 Å². The van der Waals surface area contributed by atoms with Gasteiger partial charge in [-0.05, 0) is 32.2 Å². The van der Waals surface area contributed by atoms with Crippen LogP contribution in [0.5, 0.6) is 0 Å². The van der Waals surface area contributed by atoms with Gasteiger partial charge in [-0.3, -0.25) is 19.8 Å². The number of hydrogen-bond donors (Lipinski definition) is 0. The molecule has 6 nitrogen and oxygen atoms in total. The number of aryl methyl sites for hydroxylation is 1. The molecule has 0 fully saturated rings. The minimum Gasteiger partial charge on any atom is -0.469 e. The van der Waals surface area contributed by atoms with E-state index in [0.717, 1.165) is 11.3 Å². The summed E-state index contributed by atoms with van der Waals surface area (Å²) in [6, 6.07) is 7.53. The molecule has 0 saturated heterocycles. The average molecular weight is 288 g/mol. The molecule has 6 heteroatoms. The maximum atomic E-state index is 12.1. The van der Waals surface area contributed by atoms with Crippen LogP contribution in [0.3, 0.4) is 0 Å². The van der Waals surface area contributed by atoms with Crippen molar-refractivity contribution in [3.8, 4) is 0 Å². The molecule has 0 atom stereocenters. The number of nitrogens with zero attached hydrogens (tertiary/aromatic N) is 2. The first kappa shape index (κ1) is 14.9. The molecule has 0 aliphatic rings. The normalized spacial score (nSPS) is 10.8. The molecule has 1 aromatic heterocycles. The standard InChI is InChI=1S/C15H16N2O4/c1-11-13(7-8-21-11)9-16(2)10-15(18)12-3-5-14(6-4-12)17(19)20/h3-8H,9-10H2,1-2H3. The minimum absolute atomic E-state index is 0.0195. The molecule has 0 aliphatic carbocycles. The summed E-state index contributed by atoms with van der Waals surface area (Å²) < 4.78 is 5.22.